The first-order valence-electron chi connectivity index (χ1n) is 5.67. The fourth-order valence-electron chi connectivity index (χ4n) is 2.06. The highest BCUT2D eigenvalue weighted by molar-refractivity contribution is 7.22. The highest BCUT2D eigenvalue weighted by Crippen LogP contribution is 2.38. The average Bonchev–Trinajstić information content (AvgIpc) is 2.78. The zero-order valence-electron chi connectivity index (χ0n) is 9.76. The van der Waals surface area contributed by atoms with Crippen molar-refractivity contribution in [3.63, 3.8) is 0 Å². The van der Waals surface area contributed by atoms with Crippen molar-refractivity contribution in [1.82, 2.24) is 0 Å². The van der Waals surface area contributed by atoms with Crippen LogP contribution >= 0.6 is 22.9 Å². The lowest BCUT2D eigenvalue weighted by Gasteiger charge is -2.00. The second-order valence-corrected chi connectivity index (χ2v) is 5.60. The van der Waals surface area contributed by atoms with Gasteiger partial charge in [-0.1, -0.05) is 41.9 Å². The number of carboxylic acid groups (broad SMARTS) is 1. The molecule has 1 aromatic heterocycles. The smallest absolute Gasteiger partial charge is 0.337 e. The quantitative estimate of drug-likeness (QED) is 0.727. The van der Waals surface area contributed by atoms with Gasteiger partial charge in [-0.3, -0.25) is 0 Å². The van der Waals surface area contributed by atoms with E-state index in [9.17, 15) is 9.90 Å². The van der Waals surface area contributed by atoms with Gasteiger partial charge in [0.15, 0.2) is 0 Å². The fourth-order valence-corrected chi connectivity index (χ4v) is 3.39. The van der Waals surface area contributed by atoms with Gasteiger partial charge >= 0.3 is 5.97 Å². The standard InChI is InChI=1S/C15H9ClO2S/c16-10-7-5-9(6-8-10)14-13(15(17)18)11-3-1-2-4-12(11)19-14/h1-8H,(H,17,18). The van der Waals surface area contributed by atoms with Gasteiger partial charge in [0.2, 0.25) is 0 Å². The van der Waals surface area contributed by atoms with Gasteiger partial charge in [0.1, 0.15) is 0 Å². The Labute approximate surface area is 118 Å². The van der Waals surface area contributed by atoms with Gasteiger partial charge in [-0.2, -0.15) is 0 Å². The monoisotopic (exact) mass is 288 g/mol. The Hall–Kier alpha value is -1.84. The molecule has 0 aliphatic rings. The van der Waals surface area contributed by atoms with Crippen LogP contribution in [-0.2, 0) is 0 Å². The Kier molecular flexibility index (Phi) is 3.01. The van der Waals surface area contributed by atoms with Crippen molar-refractivity contribution < 1.29 is 9.90 Å². The van der Waals surface area contributed by atoms with E-state index >= 15 is 0 Å². The average molecular weight is 289 g/mol. The molecule has 19 heavy (non-hydrogen) atoms. The minimum atomic E-state index is -0.901. The molecule has 4 heteroatoms. The lowest BCUT2D eigenvalue weighted by Crippen LogP contribution is -1.96. The SMILES string of the molecule is O=C(O)c1c(-c2ccc(Cl)cc2)sc2ccccc12. The summed E-state index contributed by atoms with van der Waals surface area (Å²) in [6.07, 6.45) is 0. The van der Waals surface area contributed by atoms with Gasteiger partial charge in [-0.05, 0) is 23.8 Å². The van der Waals surface area contributed by atoms with Crippen LogP contribution < -0.4 is 0 Å². The number of rotatable bonds is 2. The highest BCUT2D eigenvalue weighted by Gasteiger charge is 2.18. The first kappa shape index (κ1) is 12.2. The maximum absolute atomic E-state index is 11.5. The van der Waals surface area contributed by atoms with E-state index in [1.54, 1.807) is 12.1 Å². The van der Waals surface area contributed by atoms with E-state index in [1.165, 1.54) is 11.3 Å². The molecule has 0 amide bonds. The van der Waals surface area contributed by atoms with Crippen LogP contribution in [0, 0.1) is 0 Å². The molecule has 1 heterocycles. The fraction of sp³-hybridized carbons (Fsp3) is 0. The van der Waals surface area contributed by atoms with Crippen LogP contribution in [0.5, 0.6) is 0 Å². The zero-order chi connectivity index (χ0) is 13.4. The molecule has 0 saturated carbocycles. The van der Waals surface area contributed by atoms with Crippen LogP contribution in [0.2, 0.25) is 5.02 Å². The Morgan fingerprint density at radius 2 is 1.74 bits per heavy atom. The molecule has 0 aliphatic heterocycles. The largest absolute Gasteiger partial charge is 0.478 e. The summed E-state index contributed by atoms with van der Waals surface area (Å²) in [6, 6.07) is 14.8. The van der Waals surface area contributed by atoms with Crippen molar-refractivity contribution in [3.8, 4) is 10.4 Å². The summed E-state index contributed by atoms with van der Waals surface area (Å²) in [4.78, 5) is 12.3. The van der Waals surface area contributed by atoms with Crippen LogP contribution in [0.3, 0.4) is 0 Å². The topological polar surface area (TPSA) is 37.3 Å². The molecule has 0 saturated heterocycles. The van der Waals surface area contributed by atoms with Gasteiger partial charge in [-0.25, -0.2) is 4.79 Å². The summed E-state index contributed by atoms with van der Waals surface area (Å²) in [5, 5.41) is 10.9. The Bertz CT molecular complexity index is 759. The van der Waals surface area contributed by atoms with Gasteiger partial charge < -0.3 is 5.11 Å². The molecule has 0 fully saturated rings. The maximum atomic E-state index is 11.5. The number of hydrogen-bond acceptors (Lipinski definition) is 2. The van der Waals surface area contributed by atoms with Crippen molar-refractivity contribution in [2.24, 2.45) is 0 Å². The molecule has 0 aliphatic carbocycles. The highest BCUT2D eigenvalue weighted by atomic mass is 35.5. The summed E-state index contributed by atoms with van der Waals surface area (Å²) in [5.74, 6) is -0.901. The van der Waals surface area contributed by atoms with Crippen molar-refractivity contribution >= 4 is 39.0 Å². The van der Waals surface area contributed by atoms with Gasteiger partial charge in [0.25, 0.3) is 0 Å². The van der Waals surface area contributed by atoms with Crippen LogP contribution in [0.4, 0.5) is 0 Å². The molecule has 2 nitrogen and oxygen atoms in total. The summed E-state index contributed by atoms with van der Waals surface area (Å²) in [6.45, 7) is 0. The number of thiophene rings is 1. The number of carboxylic acids is 1. The molecule has 2 aromatic carbocycles. The van der Waals surface area contributed by atoms with E-state index in [-0.39, 0.29) is 0 Å². The van der Waals surface area contributed by atoms with Crippen molar-refractivity contribution in [2.75, 3.05) is 0 Å². The summed E-state index contributed by atoms with van der Waals surface area (Å²) >= 11 is 7.35. The Morgan fingerprint density at radius 3 is 2.42 bits per heavy atom. The van der Waals surface area contributed by atoms with Gasteiger partial charge in [-0.15, -0.1) is 11.3 Å². The minimum absolute atomic E-state index is 0.364. The van der Waals surface area contributed by atoms with Crippen LogP contribution in [-0.4, -0.2) is 11.1 Å². The molecule has 3 rings (SSSR count). The number of aromatic carboxylic acids is 1. The van der Waals surface area contributed by atoms with E-state index in [0.29, 0.717) is 10.6 Å². The van der Waals surface area contributed by atoms with Gasteiger partial charge in [0.05, 0.1) is 10.4 Å². The number of hydrogen-bond donors (Lipinski definition) is 1. The minimum Gasteiger partial charge on any atom is -0.478 e. The molecule has 94 valence electrons. The van der Waals surface area contributed by atoms with E-state index in [2.05, 4.69) is 0 Å². The summed E-state index contributed by atoms with van der Waals surface area (Å²) in [7, 11) is 0. The molecule has 1 N–H and O–H groups in total. The molecule has 0 spiro atoms. The van der Waals surface area contributed by atoms with E-state index < -0.39 is 5.97 Å². The molecule has 0 radical (unpaired) electrons. The lowest BCUT2D eigenvalue weighted by atomic mass is 10.1. The van der Waals surface area contributed by atoms with Crippen LogP contribution in [0.25, 0.3) is 20.5 Å². The predicted molar refractivity (Wildman–Crippen MR) is 79.2 cm³/mol. The third kappa shape index (κ3) is 2.11. The van der Waals surface area contributed by atoms with Crippen LogP contribution in [0.15, 0.2) is 48.5 Å². The van der Waals surface area contributed by atoms with E-state index in [1.807, 2.05) is 36.4 Å². The van der Waals surface area contributed by atoms with Crippen molar-refractivity contribution in [3.05, 3.63) is 59.1 Å². The molecular weight excluding hydrogens is 280 g/mol. The van der Waals surface area contributed by atoms with Gasteiger partial charge in [0, 0.05) is 15.1 Å². The summed E-state index contributed by atoms with van der Waals surface area (Å²) < 4.78 is 0.977. The molecule has 3 aromatic rings. The molecule has 0 unspecified atom stereocenters. The van der Waals surface area contributed by atoms with Crippen LogP contribution in [0.1, 0.15) is 10.4 Å². The lowest BCUT2D eigenvalue weighted by molar-refractivity contribution is 0.0700. The van der Waals surface area contributed by atoms with Crippen molar-refractivity contribution in [2.45, 2.75) is 0 Å². The summed E-state index contributed by atoms with van der Waals surface area (Å²) in [5.41, 5.74) is 1.24. The normalized spacial score (nSPS) is 10.8. The molecule has 0 bridgehead atoms. The first-order valence-corrected chi connectivity index (χ1v) is 6.87. The zero-order valence-corrected chi connectivity index (χ0v) is 11.3. The number of halogens is 1. The van der Waals surface area contributed by atoms with Crippen molar-refractivity contribution in [1.29, 1.82) is 0 Å². The molecule has 0 atom stereocenters. The number of fused-ring (bicyclic) bond motifs is 1. The third-order valence-electron chi connectivity index (χ3n) is 2.92. The van der Waals surface area contributed by atoms with E-state index in [0.717, 1.165) is 20.5 Å². The Balaban J connectivity index is 2.31. The first-order chi connectivity index (χ1) is 9.16. The van der Waals surface area contributed by atoms with E-state index in [4.69, 9.17) is 11.6 Å². The number of benzene rings is 2. The third-order valence-corrected chi connectivity index (χ3v) is 4.39. The second kappa shape index (κ2) is 4.68. The second-order valence-electron chi connectivity index (χ2n) is 4.11. The maximum Gasteiger partial charge on any atom is 0.337 e. The Morgan fingerprint density at radius 1 is 1.05 bits per heavy atom. The predicted octanol–water partition coefficient (Wildman–Crippen LogP) is 4.92. The number of carbonyl (C=O) groups is 1. The molecular formula is C15H9ClO2S.